The van der Waals surface area contributed by atoms with Crippen molar-refractivity contribution in [3.05, 3.63) is 55.2 Å². The smallest absolute Gasteiger partial charge is 0.268 e. The molecule has 0 aliphatic heterocycles. The second kappa shape index (κ2) is 6.28. The first-order valence-electron chi connectivity index (χ1n) is 6.97. The Bertz CT molecular complexity index is 941. The molecule has 124 valence electrons. The lowest BCUT2D eigenvalue weighted by atomic mass is 10.3. The highest BCUT2D eigenvalue weighted by molar-refractivity contribution is 7.92. The predicted octanol–water partition coefficient (Wildman–Crippen LogP) is 1.50. The number of methoxy groups -OCH3 is 1. The molecule has 0 bridgehead atoms. The zero-order valence-electron chi connectivity index (χ0n) is 13.1. The molecule has 0 aliphatic carbocycles. The van der Waals surface area contributed by atoms with Crippen LogP contribution in [0.4, 0.5) is 5.82 Å². The minimum atomic E-state index is -3.79. The normalized spacial score (nSPS) is 11.2. The summed E-state index contributed by atoms with van der Waals surface area (Å²) in [5, 5.41) is 4.13. The van der Waals surface area contributed by atoms with E-state index in [1.54, 1.807) is 19.2 Å². The van der Waals surface area contributed by atoms with Crippen molar-refractivity contribution >= 4 is 15.8 Å². The lowest BCUT2D eigenvalue weighted by Gasteiger charge is -2.16. The Morgan fingerprint density at radius 1 is 1.17 bits per heavy atom. The summed E-state index contributed by atoms with van der Waals surface area (Å²) in [4.78, 5) is 7.93. The first kappa shape index (κ1) is 15.9. The van der Waals surface area contributed by atoms with Crippen LogP contribution >= 0.6 is 0 Å². The summed E-state index contributed by atoms with van der Waals surface area (Å²) in [5.41, 5.74) is 0.642. The van der Waals surface area contributed by atoms with Gasteiger partial charge in [-0.15, -0.1) is 0 Å². The van der Waals surface area contributed by atoms with Crippen molar-refractivity contribution in [3.8, 4) is 11.4 Å². The van der Waals surface area contributed by atoms with Crippen LogP contribution in [0.3, 0.4) is 0 Å². The predicted molar refractivity (Wildman–Crippen MR) is 87.7 cm³/mol. The summed E-state index contributed by atoms with van der Waals surface area (Å²) in [5.74, 6) is 0.814. The van der Waals surface area contributed by atoms with Crippen molar-refractivity contribution in [1.82, 2.24) is 19.7 Å². The van der Waals surface area contributed by atoms with E-state index in [0.717, 1.165) is 4.31 Å². The van der Waals surface area contributed by atoms with E-state index in [1.165, 1.54) is 42.7 Å². The Labute approximate surface area is 139 Å². The van der Waals surface area contributed by atoms with Crippen LogP contribution in [0.5, 0.6) is 5.75 Å². The molecule has 9 heteroatoms. The van der Waals surface area contributed by atoms with Gasteiger partial charge in [0.15, 0.2) is 5.82 Å². The van der Waals surface area contributed by atoms with E-state index < -0.39 is 10.0 Å². The third-order valence-electron chi connectivity index (χ3n) is 3.42. The van der Waals surface area contributed by atoms with Crippen molar-refractivity contribution in [1.29, 1.82) is 0 Å². The number of anilines is 1. The first-order valence-corrected chi connectivity index (χ1v) is 8.41. The Kier molecular flexibility index (Phi) is 4.17. The Balaban J connectivity index is 1.98. The van der Waals surface area contributed by atoms with Crippen LogP contribution in [0.1, 0.15) is 0 Å². The van der Waals surface area contributed by atoms with E-state index in [1.807, 2.05) is 12.1 Å². The molecular weight excluding hydrogens is 330 g/mol. The topological polar surface area (TPSA) is 90.2 Å². The van der Waals surface area contributed by atoms with Gasteiger partial charge >= 0.3 is 0 Å². The molecule has 0 unspecified atom stereocenters. The summed E-state index contributed by atoms with van der Waals surface area (Å²) < 4.78 is 33.2. The number of sulfonamides is 1. The third-order valence-corrected chi connectivity index (χ3v) is 5.14. The summed E-state index contributed by atoms with van der Waals surface area (Å²) >= 11 is 0. The molecule has 0 N–H and O–H groups in total. The summed E-state index contributed by atoms with van der Waals surface area (Å²) in [7, 11) is -0.832. The molecule has 0 fully saturated rings. The maximum atomic E-state index is 12.7. The molecule has 0 saturated carbocycles. The van der Waals surface area contributed by atoms with Gasteiger partial charge in [-0.05, 0) is 12.1 Å². The monoisotopic (exact) mass is 345 g/mol. The van der Waals surface area contributed by atoms with Crippen LogP contribution in [-0.2, 0) is 10.0 Å². The van der Waals surface area contributed by atoms with Gasteiger partial charge in [-0.25, -0.2) is 18.1 Å². The molecule has 2 heterocycles. The maximum Gasteiger partial charge on any atom is 0.268 e. The molecule has 2 aromatic heterocycles. The second-order valence-corrected chi connectivity index (χ2v) is 6.80. The zero-order valence-corrected chi connectivity index (χ0v) is 13.9. The van der Waals surface area contributed by atoms with Gasteiger partial charge in [-0.3, -0.25) is 9.29 Å². The van der Waals surface area contributed by atoms with Crippen LogP contribution in [0.25, 0.3) is 5.69 Å². The molecule has 0 aliphatic rings. The molecule has 3 rings (SSSR count). The van der Waals surface area contributed by atoms with Crippen molar-refractivity contribution in [2.45, 2.75) is 4.90 Å². The van der Waals surface area contributed by atoms with Crippen LogP contribution < -0.4 is 9.04 Å². The Morgan fingerprint density at radius 3 is 2.67 bits per heavy atom. The van der Waals surface area contributed by atoms with E-state index in [2.05, 4.69) is 15.1 Å². The van der Waals surface area contributed by atoms with E-state index in [0.29, 0.717) is 11.4 Å². The van der Waals surface area contributed by atoms with Crippen LogP contribution in [-0.4, -0.2) is 42.3 Å². The second-order valence-electron chi connectivity index (χ2n) is 4.83. The van der Waals surface area contributed by atoms with Gasteiger partial charge in [0, 0.05) is 19.4 Å². The van der Waals surface area contributed by atoms with E-state index >= 15 is 0 Å². The highest BCUT2D eigenvalue weighted by atomic mass is 32.2. The molecule has 0 saturated heterocycles. The summed E-state index contributed by atoms with van der Waals surface area (Å²) in [6.45, 7) is 0. The number of para-hydroxylation sites is 2. The molecule has 3 aromatic rings. The van der Waals surface area contributed by atoms with Gasteiger partial charge in [0.1, 0.15) is 16.3 Å². The van der Waals surface area contributed by atoms with Crippen LogP contribution in [0, 0.1) is 0 Å². The number of hydrogen-bond donors (Lipinski definition) is 0. The molecule has 0 spiro atoms. The SMILES string of the molecule is COc1ccccc1-n1cc(S(=O)(=O)N(C)c2cnccn2)cn1. The average molecular weight is 345 g/mol. The number of benzene rings is 1. The fourth-order valence-corrected chi connectivity index (χ4v) is 3.20. The summed E-state index contributed by atoms with van der Waals surface area (Å²) in [6.07, 6.45) is 7.00. The maximum absolute atomic E-state index is 12.7. The Hall–Kier alpha value is -2.94. The first-order chi connectivity index (χ1) is 11.5. The molecular formula is C15H15N5O3S. The van der Waals surface area contributed by atoms with Gasteiger partial charge < -0.3 is 4.74 Å². The fraction of sp³-hybridized carbons (Fsp3) is 0.133. The van der Waals surface area contributed by atoms with Crippen LogP contribution in [0.15, 0.2) is 60.1 Å². The summed E-state index contributed by atoms with van der Waals surface area (Å²) in [6, 6.07) is 7.20. The van der Waals surface area contributed by atoms with Gasteiger partial charge in [-0.1, -0.05) is 12.1 Å². The molecule has 0 atom stereocenters. The van der Waals surface area contributed by atoms with E-state index in [-0.39, 0.29) is 10.7 Å². The number of hydrogen-bond acceptors (Lipinski definition) is 6. The van der Waals surface area contributed by atoms with Crippen LogP contribution in [0.2, 0.25) is 0 Å². The molecule has 1 aromatic carbocycles. The minimum absolute atomic E-state index is 0.0431. The highest BCUT2D eigenvalue weighted by Crippen LogP contribution is 2.24. The number of ether oxygens (including phenoxy) is 1. The lowest BCUT2D eigenvalue weighted by Crippen LogP contribution is -2.27. The zero-order chi connectivity index (χ0) is 17.2. The third kappa shape index (κ3) is 2.81. The number of nitrogens with zero attached hydrogens (tertiary/aromatic N) is 5. The van der Waals surface area contributed by atoms with Crippen molar-refractivity contribution in [2.75, 3.05) is 18.5 Å². The van der Waals surface area contributed by atoms with Gasteiger partial charge in [0.25, 0.3) is 10.0 Å². The van der Waals surface area contributed by atoms with Crippen molar-refractivity contribution < 1.29 is 13.2 Å². The van der Waals surface area contributed by atoms with Gasteiger partial charge in [0.2, 0.25) is 0 Å². The van der Waals surface area contributed by atoms with E-state index in [4.69, 9.17) is 4.74 Å². The highest BCUT2D eigenvalue weighted by Gasteiger charge is 2.24. The molecule has 8 nitrogen and oxygen atoms in total. The Morgan fingerprint density at radius 2 is 1.96 bits per heavy atom. The van der Waals surface area contributed by atoms with Gasteiger partial charge in [-0.2, -0.15) is 5.10 Å². The standard InChI is InChI=1S/C15H15N5O3S/c1-19(15-10-16-7-8-17-15)24(21,22)12-9-18-20(11-12)13-5-3-4-6-14(13)23-2/h3-11H,1-2H3. The van der Waals surface area contributed by atoms with Gasteiger partial charge in [0.05, 0.1) is 25.7 Å². The van der Waals surface area contributed by atoms with E-state index in [9.17, 15) is 8.42 Å². The minimum Gasteiger partial charge on any atom is -0.494 e. The largest absolute Gasteiger partial charge is 0.494 e. The number of rotatable bonds is 5. The average Bonchev–Trinajstić information content (AvgIpc) is 3.12. The van der Waals surface area contributed by atoms with Crippen molar-refractivity contribution in [2.24, 2.45) is 0 Å². The molecule has 0 radical (unpaired) electrons. The molecule has 0 amide bonds. The number of aromatic nitrogens is 4. The molecule has 24 heavy (non-hydrogen) atoms. The quantitative estimate of drug-likeness (QED) is 0.696. The fourth-order valence-electron chi connectivity index (χ4n) is 2.13. The van der Waals surface area contributed by atoms with Crippen molar-refractivity contribution in [3.63, 3.8) is 0 Å². The lowest BCUT2D eigenvalue weighted by molar-refractivity contribution is 0.411.